The van der Waals surface area contributed by atoms with E-state index in [1.165, 1.54) is 121 Å². The lowest BCUT2D eigenvalue weighted by Crippen LogP contribution is -2.11. The zero-order valence-electron chi connectivity index (χ0n) is 33.1. The third kappa shape index (κ3) is 10.9. The van der Waals surface area contributed by atoms with Crippen molar-refractivity contribution in [1.82, 2.24) is 0 Å². The molecule has 0 aromatic heterocycles. The van der Waals surface area contributed by atoms with Gasteiger partial charge < -0.3 is 52.7 Å². The first-order valence-electron chi connectivity index (χ1n) is 18.5. The van der Waals surface area contributed by atoms with Crippen LogP contribution in [0.1, 0.15) is 57.4 Å². The van der Waals surface area contributed by atoms with Crippen LogP contribution in [0.15, 0.2) is 166 Å². The Morgan fingerprint density at radius 2 is 0.508 bits per heavy atom. The van der Waals surface area contributed by atoms with Gasteiger partial charge in [-0.1, -0.05) is 38.3 Å². The fourth-order valence-corrected chi connectivity index (χ4v) is 14.6. The molecule has 6 aromatic rings. The highest BCUT2D eigenvalue weighted by Gasteiger charge is 2.49. The largest absolute Gasteiger partial charge is 0.478 e. The maximum absolute atomic E-state index is 11.9. The molecular formula is C43H32N3O16P3. The van der Waals surface area contributed by atoms with E-state index in [4.69, 9.17) is 40.7 Å². The molecule has 65 heavy (non-hydrogen) atoms. The summed E-state index contributed by atoms with van der Waals surface area (Å²) in [6.07, 6.45) is 1.58. The number of nitrogens with zero attached hydrogens (tertiary/aromatic N) is 3. The summed E-state index contributed by atoms with van der Waals surface area (Å²) in [7, 11) is -13.8. The van der Waals surface area contributed by atoms with Crippen molar-refractivity contribution in [3.63, 3.8) is 0 Å². The van der Waals surface area contributed by atoms with E-state index in [0.717, 1.165) is 0 Å². The first-order chi connectivity index (χ1) is 31.0. The van der Waals surface area contributed by atoms with Gasteiger partial charge in [0.2, 0.25) is 0 Å². The van der Waals surface area contributed by atoms with Crippen LogP contribution in [0, 0.1) is 0 Å². The Kier molecular flexibility index (Phi) is 12.9. The number of hydrogen-bond donors (Lipinski definition) is 5. The summed E-state index contributed by atoms with van der Waals surface area (Å²) in [6.45, 7) is 3.79. The van der Waals surface area contributed by atoms with Crippen molar-refractivity contribution in [1.29, 1.82) is 0 Å². The first kappa shape index (κ1) is 44.9. The van der Waals surface area contributed by atoms with Crippen LogP contribution < -0.4 is 27.1 Å². The van der Waals surface area contributed by atoms with E-state index in [1.807, 2.05) is 0 Å². The molecule has 19 nitrogen and oxygen atoms in total. The van der Waals surface area contributed by atoms with Crippen LogP contribution in [0.25, 0.3) is 6.08 Å². The maximum Gasteiger partial charge on any atom is 0.460 e. The third-order valence-corrected chi connectivity index (χ3v) is 16.8. The molecule has 1 unspecified atom stereocenters. The highest BCUT2D eigenvalue weighted by atomic mass is 31.3. The van der Waals surface area contributed by atoms with Crippen LogP contribution in [0.5, 0.6) is 34.5 Å². The zero-order valence-corrected chi connectivity index (χ0v) is 35.7. The van der Waals surface area contributed by atoms with Gasteiger partial charge in [-0.3, -0.25) is 0 Å². The molecule has 0 aliphatic carbocycles. The summed E-state index contributed by atoms with van der Waals surface area (Å²) >= 11 is 0. The normalized spacial score (nSPS) is 15.5. The molecule has 330 valence electrons. The number of rotatable bonds is 18. The Morgan fingerprint density at radius 3 is 0.662 bits per heavy atom. The summed E-state index contributed by atoms with van der Waals surface area (Å²) in [5.74, 6) is -6.51. The van der Waals surface area contributed by atoms with Crippen LogP contribution in [0.2, 0.25) is 0 Å². The SMILES string of the molecule is C=Cc1ccc(OP2(Oc3ccc(C(=O)O)cc3)=NP(Oc3ccc(C(=O)O)cc3)(Oc3ccc(C(=O)O)cc3)=NP(Oc3ccc(C(=O)O)cc3)(Oc3ccc(C(=O)O)cc3)=N2)cc1. The molecule has 0 amide bonds. The van der Waals surface area contributed by atoms with Gasteiger partial charge in [-0.05, 0) is 139 Å². The van der Waals surface area contributed by atoms with E-state index in [2.05, 4.69) is 6.58 Å². The molecule has 5 N–H and O–H groups in total. The summed E-state index contributed by atoms with van der Waals surface area (Å²) in [5.41, 5.74) is 0.107. The van der Waals surface area contributed by atoms with Gasteiger partial charge in [0.1, 0.15) is 34.5 Å². The average molecular weight is 940 g/mol. The van der Waals surface area contributed by atoms with Gasteiger partial charge >= 0.3 is 52.8 Å². The summed E-state index contributed by atoms with van der Waals surface area (Å²) in [5, 5.41) is 48.3. The minimum Gasteiger partial charge on any atom is -0.478 e. The van der Waals surface area contributed by atoms with E-state index in [1.54, 1.807) is 30.3 Å². The monoisotopic (exact) mass is 939 g/mol. The van der Waals surface area contributed by atoms with Gasteiger partial charge in [-0.15, -0.1) is 0 Å². The summed E-state index contributed by atoms with van der Waals surface area (Å²) in [4.78, 5) is 59.3. The van der Waals surface area contributed by atoms with Gasteiger partial charge in [0.15, 0.2) is 0 Å². The standard InChI is InChI=1S/C43H32N3O16P3/c1-2-27-3-15-33(16-4-27)57-63(58-34-17-5-28(6-18-34)39(47)48)44-64(59-35-19-7-29(8-20-35)40(49)50,60-36-21-9-30(10-22-36)41(51)52)46-65(45-63,61-37-23-11-31(12-24-37)42(53)54)62-38-25-13-32(14-26-38)43(55)56/h2-26H,1H2,(H,47,48)(H,49,50)(H,51,52)(H,53,54)(H,55,56). The van der Waals surface area contributed by atoms with Gasteiger partial charge in [-0.25, -0.2) is 24.0 Å². The second-order valence-electron chi connectivity index (χ2n) is 13.2. The third-order valence-electron chi connectivity index (χ3n) is 8.65. The van der Waals surface area contributed by atoms with Crippen LogP contribution >= 0.6 is 23.0 Å². The molecule has 0 radical (unpaired) electrons. The molecular weight excluding hydrogens is 907 g/mol. The number of benzene rings is 6. The lowest BCUT2D eigenvalue weighted by atomic mass is 10.2. The molecule has 1 aliphatic rings. The summed E-state index contributed by atoms with van der Waals surface area (Å²) in [6, 6.07) is 31.6. The lowest BCUT2D eigenvalue weighted by Gasteiger charge is -2.33. The van der Waals surface area contributed by atoms with E-state index < -0.39 is 52.8 Å². The molecule has 1 atom stereocenters. The highest BCUT2D eigenvalue weighted by molar-refractivity contribution is 7.79. The molecule has 7 rings (SSSR count). The molecule has 0 spiro atoms. The number of carboxylic acid groups (broad SMARTS) is 5. The van der Waals surface area contributed by atoms with E-state index >= 15 is 0 Å². The molecule has 22 heteroatoms. The predicted octanol–water partition coefficient (Wildman–Crippen LogP) is 11.4. The zero-order chi connectivity index (χ0) is 46.4. The Hall–Kier alpha value is -8.10. The van der Waals surface area contributed by atoms with Crippen molar-refractivity contribution < 1.29 is 76.6 Å². The van der Waals surface area contributed by atoms with Crippen molar-refractivity contribution in [3.8, 4) is 34.5 Å². The molecule has 0 bridgehead atoms. The number of carboxylic acids is 5. The van der Waals surface area contributed by atoms with Gasteiger partial charge in [0, 0.05) is 0 Å². The van der Waals surface area contributed by atoms with E-state index in [-0.39, 0.29) is 62.3 Å². The summed E-state index contributed by atoms with van der Waals surface area (Å²) < 4.78 is 54.4. The van der Waals surface area contributed by atoms with Gasteiger partial charge in [-0.2, -0.15) is 0 Å². The van der Waals surface area contributed by atoms with Gasteiger partial charge in [0.05, 0.1) is 27.8 Å². The number of hydrogen-bond acceptors (Lipinski definition) is 14. The fourth-order valence-electron chi connectivity index (χ4n) is 5.54. The van der Waals surface area contributed by atoms with E-state index in [9.17, 15) is 49.5 Å². The van der Waals surface area contributed by atoms with Crippen LogP contribution in [0.4, 0.5) is 0 Å². The fraction of sp³-hybridized carbons (Fsp3) is 0. The molecule has 1 heterocycles. The number of carbonyl (C=O) groups is 5. The van der Waals surface area contributed by atoms with Crippen LogP contribution in [-0.2, 0) is 0 Å². The van der Waals surface area contributed by atoms with Crippen molar-refractivity contribution in [2.45, 2.75) is 0 Å². The Morgan fingerprint density at radius 1 is 0.338 bits per heavy atom. The average Bonchev–Trinajstić information content (AvgIpc) is 3.27. The molecule has 0 saturated heterocycles. The van der Waals surface area contributed by atoms with Crippen LogP contribution in [0.3, 0.4) is 0 Å². The van der Waals surface area contributed by atoms with Crippen molar-refractivity contribution in [3.05, 3.63) is 186 Å². The van der Waals surface area contributed by atoms with Crippen molar-refractivity contribution in [2.24, 2.45) is 13.5 Å². The number of aromatic carboxylic acids is 5. The van der Waals surface area contributed by atoms with E-state index in [0.29, 0.717) is 5.56 Å². The topological polar surface area (TPSA) is 279 Å². The smallest absolute Gasteiger partial charge is 0.460 e. The second-order valence-corrected chi connectivity index (χ2v) is 19.4. The first-order valence-corrected chi connectivity index (χ1v) is 23.1. The second kappa shape index (κ2) is 18.7. The Labute approximate surface area is 368 Å². The highest BCUT2D eigenvalue weighted by Crippen LogP contribution is 2.78. The quantitative estimate of drug-likeness (QED) is 0.0501. The molecule has 6 aromatic carbocycles. The maximum atomic E-state index is 11.9. The predicted molar refractivity (Wildman–Crippen MR) is 235 cm³/mol. The molecule has 0 fully saturated rings. The van der Waals surface area contributed by atoms with Crippen molar-refractivity contribution in [2.75, 3.05) is 0 Å². The Balaban J connectivity index is 1.58. The minimum absolute atomic E-state index is 0.0510. The Bertz CT molecular complexity index is 2750. The molecule has 1 aliphatic heterocycles. The van der Waals surface area contributed by atoms with Crippen molar-refractivity contribution >= 4 is 58.9 Å². The minimum atomic E-state index is -4.63. The lowest BCUT2D eigenvalue weighted by molar-refractivity contribution is 0.0686. The molecule has 0 saturated carbocycles. The van der Waals surface area contributed by atoms with Gasteiger partial charge in [0.25, 0.3) is 0 Å². The van der Waals surface area contributed by atoms with Crippen LogP contribution in [-0.4, -0.2) is 55.4 Å².